The summed E-state index contributed by atoms with van der Waals surface area (Å²) in [4.78, 5) is 19.9. The Kier molecular flexibility index (Phi) is 5.15. The number of pyridine rings is 1. The van der Waals surface area contributed by atoms with Gasteiger partial charge in [0.15, 0.2) is 5.69 Å². The molecule has 172 valence electrons. The monoisotopic (exact) mass is 449 g/mol. The standard InChI is InChI=1S/C23H27N7O3/c1-4-30-17-12-23(2,3)7-5-16(17)18(27-30)21-26-19(28-33-21)15-11-14-6-9-29(20(14)25-13-15)10-8-24-22(31)32/h6,9,11,13,24H,4-5,7-8,10,12H2,1-3H3,(H,31,32). The molecular formula is C23H27N7O3. The van der Waals surface area contributed by atoms with Crippen LogP contribution in [0, 0.1) is 5.41 Å². The largest absolute Gasteiger partial charge is 0.465 e. The summed E-state index contributed by atoms with van der Waals surface area (Å²) in [5.41, 5.74) is 5.06. The van der Waals surface area contributed by atoms with E-state index >= 15 is 0 Å². The van der Waals surface area contributed by atoms with Crippen molar-refractivity contribution in [3.63, 3.8) is 0 Å². The molecule has 0 aromatic carbocycles. The highest BCUT2D eigenvalue weighted by molar-refractivity contribution is 5.80. The lowest BCUT2D eigenvalue weighted by molar-refractivity contribution is 0.194. The molecular weight excluding hydrogens is 422 g/mol. The minimum absolute atomic E-state index is 0.262. The minimum atomic E-state index is -1.04. The maximum atomic E-state index is 10.7. The lowest BCUT2D eigenvalue weighted by Crippen LogP contribution is -2.25. The van der Waals surface area contributed by atoms with Gasteiger partial charge in [0.2, 0.25) is 5.82 Å². The maximum Gasteiger partial charge on any atom is 0.404 e. The molecule has 0 bridgehead atoms. The number of carboxylic acid groups (broad SMARTS) is 1. The number of rotatable bonds is 6. The third-order valence-electron chi connectivity index (χ3n) is 6.28. The van der Waals surface area contributed by atoms with Crippen LogP contribution in [-0.4, -0.2) is 47.2 Å². The molecule has 4 heterocycles. The van der Waals surface area contributed by atoms with Gasteiger partial charge in [-0.3, -0.25) is 4.68 Å². The molecule has 1 aliphatic carbocycles. The van der Waals surface area contributed by atoms with Crippen molar-refractivity contribution < 1.29 is 14.4 Å². The zero-order chi connectivity index (χ0) is 23.2. The molecule has 2 N–H and O–H groups in total. The Morgan fingerprint density at radius 3 is 3.00 bits per heavy atom. The Balaban J connectivity index is 1.42. The highest BCUT2D eigenvalue weighted by Crippen LogP contribution is 2.39. The van der Waals surface area contributed by atoms with Crippen LogP contribution in [0.1, 0.15) is 38.4 Å². The van der Waals surface area contributed by atoms with Crippen molar-refractivity contribution in [1.82, 2.24) is 34.8 Å². The van der Waals surface area contributed by atoms with Crippen LogP contribution in [0.15, 0.2) is 29.0 Å². The Morgan fingerprint density at radius 1 is 1.36 bits per heavy atom. The minimum Gasteiger partial charge on any atom is -0.465 e. The zero-order valence-electron chi connectivity index (χ0n) is 19.0. The SMILES string of the molecule is CCn1nc(-c2nc(-c3cnc4c(ccn4CCNC(=O)O)c3)no2)c2c1CC(C)(C)CC2. The predicted molar refractivity (Wildman–Crippen MR) is 122 cm³/mol. The smallest absolute Gasteiger partial charge is 0.404 e. The predicted octanol–water partition coefficient (Wildman–Crippen LogP) is 3.75. The van der Waals surface area contributed by atoms with Crippen LogP contribution in [0.4, 0.5) is 4.79 Å². The number of nitrogens with one attached hydrogen (secondary N) is 1. The molecule has 10 heteroatoms. The van der Waals surface area contributed by atoms with E-state index in [1.54, 1.807) is 6.20 Å². The average molecular weight is 450 g/mol. The first-order valence-corrected chi connectivity index (χ1v) is 11.2. The third-order valence-corrected chi connectivity index (χ3v) is 6.28. The van der Waals surface area contributed by atoms with E-state index < -0.39 is 6.09 Å². The lowest BCUT2D eigenvalue weighted by Gasteiger charge is -2.30. The Hall–Kier alpha value is -3.69. The van der Waals surface area contributed by atoms with Crippen LogP contribution in [0.25, 0.3) is 34.0 Å². The van der Waals surface area contributed by atoms with Crippen LogP contribution in [0.2, 0.25) is 0 Å². The second-order valence-corrected chi connectivity index (χ2v) is 9.23. The molecule has 4 aromatic heterocycles. The van der Waals surface area contributed by atoms with Gasteiger partial charge in [0, 0.05) is 54.2 Å². The number of hydrogen-bond donors (Lipinski definition) is 2. The summed E-state index contributed by atoms with van der Waals surface area (Å²) in [6, 6.07) is 3.90. The van der Waals surface area contributed by atoms with Gasteiger partial charge in [0.1, 0.15) is 5.65 Å². The van der Waals surface area contributed by atoms with E-state index in [4.69, 9.17) is 14.7 Å². The van der Waals surface area contributed by atoms with Gasteiger partial charge in [-0.15, -0.1) is 0 Å². The third kappa shape index (κ3) is 3.96. The molecule has 0 spiro atoms. The van der Waals surface area contributed by atoms with Gasteiger partial charge in [0.25, 0.3) is 5.89 Å². The summed E-state index contributed by atoms with van der Waals surface area (Å²) >= 11 is 0. The topological polar surface area (TPSA) is 124 Å². The number of aryl methyl sites for hydroxylation is 1. The number of nitrogens with zero attached hydrogens (tertiary/aromatic N) is 6. The summed E-state index contributed by atoms with van der Waals surface area (Å²) in [5.74, 6) is 0.904. The average Bonchev–Trinajstić information content (AvgIpc) is 3.49. The first-order chi connectivity index (χ1) is 15.8. The fraction of sp³-hybridized carbons (Fsp3) is 0.435. The van der Waals surface area contributed by atoms with Crippen molar-refractivity contribution in [2.45, 2.75) is 53.1 Å². The van der Waals surface area contributed by atoms with E-state index in [0.717, 1.165) is 48.1 Å². The first-order valence-electron chi connectivity index (χ1n) is 11.2. The van der Waals surface area contributed by atoms with Crippen molar-refractivity contribution in [3.8, 4) is 23.0 Å². The van der Waals surface area contributed by atoms with E-state index in [1.165, 1.54) is 11.3 Å². The van der Waals surface area contributed by atoms with Gasteiger partial charge < -0.3 is 19.5 Å². The molecule has 0 saturated heterocycles. The van der Waals surface area contributed by atoms with Gasteiger partial charge >= 0.3 is 6.09 Å². The Bertz CT molecular complexity index is 1330. The summed E-state index contributed by atoms with van der Waals surface area (Å²) in [7, 11) is 0. The lowest BCUT2D eigenvalue weighted by atomic mass is 9.76. The Morgan fingerprint density at radius 2 is 2.21 bits per heavy atom. The molecule has 5 rings (SSSR count). The fourth-order valence-corrected chi connectivity index (χ4v) is 4.53. The van der Waals surface area contributed by atoms with Gasteiger partial charge in [-0.25, -0.2) is 9.78 Å². The summed E-state index contributed by atoms with van der Waals surface area (Å²) < 4.78 is 9.61. The van der Waals surface area contributed by atoms with Crippen molar-refractivity contribution in [2.75, 3.05) is 6.54 Å². The maximum absolute atomic E-state index is 10.7. The molecule has 0 fully saturated rings. The van der Waals surface area contributed by atoms with Crippen LogP contribution < -0.4 is 5.32 Å². The molecule has 0 atom stereocenters. The normalized spacial score (nSPS) is 15.0. The van der Waals surface area contributed by atoms with Crippen molar-refractivity contribution >= 4 is 17.1 Å². The molecule has 33 heavy (non-hydrogen) atoms. The molecule has 0 radical (unpaired) electrons. The molecule has 1 aliphatic rings. The number of carbonyl (C=O) groups is 1. The first kappa shape index (κ1) is 21.2. The zero-order valence-corrected chi connectivity index (χ0v) is 19.0. The molecule has 4 aromatic rings. The van der Waals surface area contributed by atoms with Crippen molar-refractivity contribution in [1.29, 1.82) is 0 Å². The van der Waals surface area contributed by atoms with Crippen LogP contribution in [0.3, 0.4) is 0 Å². The van der Waals surface area contributed by atoms with Crippen molar-refractivity contribution in [2.24, 2.45) is 5.41 Å². The van der Waals surface area contributed by atoms with Gasteiger partial charge in [-0.05, 0) is 43.7 Å². The summed E-state index contributed by atoms with van der Waals surface area (Å²) in [5, 5.41) is 21.0. The highest BCUT2D eigenvalue weighted by atomic mass is 16.5. The van der Waals surface area contributed by atoms with Gasteiger partial charge in [0.05, 0.1) is 0 Å². The van der Waals surface area contributed by atoms with Crippen LogP contribution >= 0.6 is 0 Å². The van der Waals surface area contributed by atoms with E-state index in [9.17, 15) is 4.79 Å². The molecule has 1 amide bonds. The number of aromatic nitrogens is 6. The summed E-state index contributed by atoms with van der Waals surface area (Å²) in [6.07, 6.45) is 5.60. The molecule has 0 unspecified atom stereocenters. The van der Waals surface area contributed by atoms with E-state index in [2.05, 4.69) is 45.9 Å². The van der Waals surface area contributed by atoms with E-state index in [-0.39, 0.29) is 5.41 Å². The fourth-order valence-electron chi connectivity index (χ4n) is 4.53. The van der Waals surface area contributed by atoms with Gasteiger partial charge in [-0.1, -0.05) is 19.0 Å². The number of fused-ring (bicyclic) bond motifs is 2. The Labute approximate surface area is 190 Å². The molecule has 0 saturated carbocycles. The van der Waals surface area contributed by atoms with Crippen molar-refractivity contribution in [3.05, 3.63) is 35.8 Å². The quantitative estimate of drug-likeness (QED) is 0.459. The van der Waals surface area contributed by atoms with Crippen LogP contribution in [0.5, 0.6) is 0 Å². The second-order valence-electron chi connectivity index (χ2n) is 9.23. The molecule has 10 nitrogen and oxygen atoms in total. The van der Waals surface area contributed by atoms with Crippen LogP contribution in [-0.2, 0) is 25.9 Å². The second kappa shape index (κ2) is 8.02. The number of amides is 1. The summed E-state index contributed by atoms with van der Waals surface area (Å²) in [6.45, 7) is 8.31. The number of hydrogen-bond acceptors (Lipinski definition) is 6. The molecule has 0 aliphatic heterocycles. The van der Waals surface area contributed by atoms with E-state index in [1.807, 2.05) is 22.9 Å². The highest BCUT2D eigenvalue weighted by Gasteiger charge is 2.32. The van der Waals surface area contributed by atoms with E-state index in [0.29, 0.717) is 24.8 Å². The van der Waals surface area contributed by atoms with Gasteiger partial charge in [-0.2, -0.15) is 10.1 Å².